The molecule has 0 aromatic heterocycles. The van der Waals surface area contributed by atoms with Crippen molar-refractivity contribution in [3.05, 3.63) is 34.9 Å². The van der Waals surface area contributed by atoms with Crippen LogP contribution in [0.2, 0.25) is 0 Å². The van der Waals surface area contributed by atoms with Crippen LogP contribution in [0.5, 0.6) is 0 Å². The molecule has 3 heteroatoms. The van der Waals surface area contributed by atoms with E-state index in [0.29, 0.717) is 30.0 Å². The van der Waals surface area contributed by atoms with E-state index in [4.69, 9.17) is 0 Å². The molecule has 0 aliphatic carbocycles. The number of ketones is 1. The SMILES string of the molecule is CC(C)CC(=O)c1ccc2c(c1)C(=O)NCCC2. The second-order valence-electron chi connectivity index (χ2n) is 5.25. The van der Waals surface area contributed by atoms with E-state index in [2.05, 4.69) is 5.32 Å². The first-order valence-electron chi connectivity index (χ1n) is 6.52. The normalized spacial score (nSPS) is 14.9. The number of fused-ring (bicyclic) bond motifs is 1. The molecule has 2 rings (SSSR count). The predicted molar refractivity (Wildman–Crippen MR) is 70.9 cm³/mol. The molecule has 96 valence electrons. The molecule has 1 aliphatic rings. The molecule has 0 unspecified atom stereocenters. The number of amides is 1. The quantitative estimate of drug-likeness (QED) is 0.832. The van der Waals surface area contributed by atoms with E-state index in [0.717, 1.165) is 18.4 Å². The molecule has 1 amide bonds. The zero-order valence-electron chi connectivity index (χ0n) is 11.0. The van der Waals surface area contributed by atoms with Crippen LogP contribution in [0.15, 0.2) is 18.2 Å². The largest absolute Gasteiger partial charge is 0.352 e. The number of carbonyl (C=O) groups excluding carboxylic acids is 2. The Bertz CT molecular complexity index is 477. The van der Waals surface area contributed by atoms with Gasteiger partial charge in [0.1, 0.15) is 0 Å². The number of Topliss-reactive ketones (excluding diaryl/α,β-unsaturated/α-hetero) is 1. The zero-order valence-corrected chi connectivity index (χ0v) is 11.0. The Kier molecular flexibility index (Phi) is 3.80. The third kappa shape index (κ3) is 2.78. The first kappa shape index (κ1) is 12.8. The average Bonchev–Trinajstić information content (AvgIpc) is 2.50. The molecule has 0 saturated heterocycles. The van der Waals surface area contributed by atoms with Crippen molar-refractivity contribution < 1.29 is 9.59 Å². The number of aryl methyl sites for hydroxylation is 1. The molecule has 0 atom stereocenters. The van der Waals surface area contributed by atoms with Gasteiger partial charge in [0.15, 0.2) is 5.78 Å². The molecule has 18 heavy (non-hydrogen) atoms. The van der Waals surface area contributed by atoms with Crippen LogP contribution in [-0.2, 0) is 6.42 Å². The van der Waals surface area contributed by atoms with Crippen LogP contribution < -0.4 is 5.32 Å². The summed E-state index contributed by atoms with van der Waals surface area (Å²) in [6.45, 7) is 4.75. The van der Waals surface area contributed by atoms with E-state index >= 15 is 0 Å². The summed E-state index contributed by atoms with van der Waals surface area (Å²) in [5, 5.41) is 2.86. The maximum atomic E-state index is 12.0. The standard InChI is InChI=1S/C15H19NO2/c1-10(2)8-14(17)12-6-5-11-4-3-7-16-15(18)13(11)9-12/h5-6,9-10H,3-4,7-8H2,1-2H3,(H,16,18). The molecule has 1 aromatic rings. The van der Waals surface area contributed by atoms with E-state index in [9.17, 15) is 9.59 Å². The molecular formula is C15H19NO2. The van der Waals surface area contributed by atoms with Crippen LogP contribution >= 0.6 is 0 Å². The van der Waals surface area contributed by atoms with Crippen LogP contribution in [-0.4, -0.2) is 18.2 Å². The van der Waals surface area contributed by atoms with Gasteiger partial charge in [0, 0.05) is 24.1 Å². The molecule has 1 aliphatic heterocycles. The van der Waals surface area contributed by atoms with Gasteiger partial charge in [0.05, 0.1) is 0 Å². The first-order valence-corrected chi connectivity index (χ1v) is 6.52. The molecule has 0 fully saturated rings. The maximum absolute atomic E-state index is 12.0. The summed E-state index contributed by atoms with van der Waals surface area (Å²) < 4.78 is 0. The zero-order chi connectivity index (χ0) is 13.1. The molecule has 1 heterocycles. The maximum Gasteiger partial charge on any atom is 0.251 e. The molecule has 3 nitrogen and oxygen atoms in total. The Balaban J connectivity index is 2.30. The summed E-state index contributed by atoms with van der Waals surface area (Å²) in [4.78, 5) is 23.9. The Morgan fingerprint density at radius 1 is 1.39 bits per heavy atom. The Morgan fingerprint density at radius 3 is 2.89 bits per heavy atom. The topological polar surface area (TPSA) is 46.2 Å². The van der Waals surface area contributed by atoms with E-state index in [1.165, 1.54) is 0 Å². The lowest BCUT2D eigenvalue weighted by molar-refractivity contribution is 0.0956. The fourth-order valence-electron chi connectivity index (χ4n) is 2.24. The lowest BCUT2D eigenvalue weighted by Crippen LogP contribution is -2.23. The van der Waals surface area contributed by atoms with Gasteiger partial charge in [-0.1, -0.05) is 26.0 Å². The predicted octanol–water partition coefficient (Wildman–Crippen LogP) is 2.59. The van der Waals surface area contributed by atoms with Crippen LogP contribution in [0.25, 0.3) is 0 Å². The number of benzene rings is 1. The Morgan fingerprint density at radius 2 is 2.17 bits per heavy atom. The highest BCUT2D eigenvalue weighted by Gasteiger charge is 2.17. The van der Waals surface area contributed by atoms with Crippen molar-refractivity contribution in [3.63, 3.8) is 0 Å². The fraction of sp³-hybridized carbons (Fsp3) is 0.467. The van der Waals surface area contributed by atoms with Crippen molar-refractivity contribution in [2.24, 2.45) is 5.92 Å². The highest BCUT2D eigenvalue weighted by molar-refractivity contribution is 6.01. The lowest BCUT2D eigenvalue weighted by Gasteiger charge is -2.08. The number of hydrogen-bond acceptors (Lipinski definition) is 2. The van der Waals surface area contributed by atoms with Gasteiger partial charge in [-0.2, -0.15) is 0 Å². The molecular weight excluding hydrogens is 226 g/mol. The lowest BCUT2D eigenvalue weighted by atomic mass is 9.96. The third-order valence-corrected chi connectivity index (χ3v) is 3.18. The van der Waals surface area contributed by atoms with Gasteiger partial charge in [0.25, 0.3) is 5.91 Å². The van der Waals surface area contributed by atoms with Crippen molar-refractivity contribution in [3.8, 4) is 0 Å². The average molecular weight is 245 g/mol. The van der Waals surface area contributed by atoms with E-state index in [1.807, 2.05) is 26.0 Å². The van der Waals surface area contributed by atoms with Crippen LogP contribution in [0.4, 0.5) is 0 Å². The minimum atomic E-state index is -0.0540. The minimum absolute atomic E-state index is 0.0540. The molecule has 0 spiro atoms. The van der Waals surface area contributed by atoms with Crippen molar-refractivity contribution >= 4 is 11.7 Å². The summed E-state index contributed by atoms with van der Waals surface area (Å²) in [7, 11) is 0. The fourth-order valence-corrected chi connectivity index (χ4v) is 2.24. The second kappa shape index (κ2) is 5.34. The number of rotatable bonds is 3. The van der Waals surface area contributed by atoms with Crippen molar-refractivity contribution in [1.29, 1.82) is 0 Å². The number of hydrogen-bond donors (Lipinski definition) is 1. The summed E-state index contributed by atoms with van der Waals surface area (Å²) in [5.41, 5.74) is 2.37. The Labute approximate surface area is 108 Å². The molecule has 1 aromatic carbocycles. The van der Waals surface area contributed by atoms with Gasteiger partial charge in [-0.05, 0) is 30.4 Å². The number of nitrogens with one attached hydrogen (secondary N) is 1. The summed E-state index contributed by atoms with van der Waals surface area (Å²) >= 11 is 0. The number of carbonyl (C=O) groups is 2. The summed E-state index contributed by atoms with van der Waals surface area (Å²) in [5.74, 6) is 0.400. The van der Waals surface area contributed by atoms with Crippen LogP contribution in [0, 0.1) is 5.92 Å². The van der Waals surface area contributed by atoms with Crippen LogP contribution in [0.3, 0.4) is 0 Å². The van der Waals surface area contributed by atoms with E-state index < -0.39 is 0 Å². The van der Waals surface area contributed by atoms with Gasteiger partial charge < -0.3 is 5.32 Å². The van der Waals surface area contributed by atoms with Gasteiger partial charge >= 0.3 is 0 Å². The minimum Gasteiger partial charge on any atom is -0.352 e. The van der Waals surface area contributed by atoms with E-state index in [1.54, 1.807) is 6.07 Å². The second-order valence-corrected chi connectivity index (χ2v) is 5.25. The molecule has 1 N–H and O–H groups in total. The van der Waals surface area contributed by atoms with Crippen LogP contribution in [0.1, 0.15) is 53.0 Å². The van der Waals surface area contributed by atoms with Gasteiger partial charge in [0.2, 0.25) is 0 Å². The van der Waals surface area contributed by atoms with Gasteiger partial charge in [-0.15, -0.1) is 0 Å². The van der Waals surface area contributed by atoms with Crippen molar-refractivity contribution in [2.45, 2.75) is 33.1 Å². The van der Waals surface area contributed by atoms with Crippen molar-refractivity contribution in [1.82, 2.24) is 5.32 Å². The molecule has 0 radical (unpaired) electrons. The van der Waals surface area contributed by atoms with Gasteiger partial charge in [-0.25, -0.2) is 0 Å². The van der Waals surface area contributed by atoms with Crippen molar-refractivity contribution in [2.75, 3.05) is 6.54 Å². The third-order valence-electron chi connectivity index (χ3n) is 3.18. The van der Waals surface area contributed by atoms with E-state index in [-0.39, 0.29) is 11.7 Å². The molecule has 0 saturated carbocycles. The highest BCUT2D eigenvalue weighted by atomic mass is 16.1. The van der Waals surface area contributed by atoms with Gasteiger partial charge in [-0.3, -0.25) is 9.59 Å². The molecule has 0 bridgehead atoms. The monoisotopic (exact) mass is 245 g/mol. The smallest absolute Gasteiger partial charge is 0.251 e. The first-order chi connectivity index (χ1) is 8.58. The Hall–Kier alpha value is -1.64. The summed E-state index contributed by atoms with van der Waals surface area (Å²) in [6, 6.07) is 5.52. The highest BCUT2D eigenvalue weighted by Crippen LogP contribution is 2.18. The summed E-state index contributed by atoms with van der Waals surface area (Å²) in [6.07, 6.45) is 2.38.